The van der Waals surface area contributed by atoms with Crippen LogP contribution in [0, 0.1) is 0 Å². The fourth-order valence-electron chi connectivity index (χ4n) is 3.00. The maximum Gasteiger partial charge on any atom is 0.253 e. The summed E-state index contributed by atoms with van der Waals surface area (Å²) in [6, 6.07) is 16.4. The third kappa shape index (κ3) is 7.22. The molecule has 166 valence electrons. The number of hydrogen-bond acceptors (Lipinski definition) is 4. The van der Waals surface area contributed by atoms with Gasteiger partial charge in [0.05, 0.1) is 30.4 Å². The SMILES string of the molecule is CC(NC(=O)c1ccccc1NC(=O)CN(CC(=O)N(C)C)C(C)C)c1ccccc1. The molecule has 2 aromatic rings. The average molecular weight is 425 g/mol. The number of likely N-dealkylation sites (N-methyl/N-ethyl adjacent to an activating group) is 1. The van der Waals surface area contributed by atoms with Crippen LogP contribution >= 0.6 is 0 Å². The Morgan fingerprint density at radius 3 is 2.10 bits per heavy atom. The molecule has 0 saturated carbocycles. The summed E-state index contributed by atoms with van der Waals surface area (Å²) in [5.74, 6) is -0.622. The minimum Gasteiger partial charge on any atom is -0.348 e. The van der Waals surface area contributed by atoms with Crippen molar-refractivity contribution < 1.29 is 14.4 Å². The van der Waals surface area contributed by atoms with E-state index in [1.807, 2.05) is 51.1 Å². The zero-order valence-corrected chi connectivity index (χ0v) is 18.9. The second-order valence-corrected chi connectivity index (χ2v) is 7.99. The van der Waals surface area contributed by atoms with Crippen molar-refractivity contribution >= 4 is 23.4 Å². The van der Waals surface area contributed by atoms with Crippen LogP contribution in [-0.4, -0.2) is 60.7 Å². The van der Waals surface area contributed by atoms with Gasteiger partial charge in [0.1, 0.15) is 0 Å². The number of para-hydroxylation sites is 1. The fourth-order valence-corrected chi connectivity index (χ4v) is 3.00. The maximum atomic E-state index is 12.9. The Hall–Kier alpha value is -3.19. The molecule has 2 aromatic carbocycles. The predicted octanol–water partition coefficient (Wildman–Crippen LogP) is 2.91. The number of carbonyl (C=O) groups excluding carboxylic acids is 3. The topological polar surface area (TPSA) is 81.8 Å². The summed E-state index contributed by atoms with van der Waals surface area (Å²) in [5.41, 5.74) is 1.82. The van der Waals surface area contributed by atoms with Gasteiger partial charge >= 0.3 is 0 Å². The molecule has 0 radical (unpaired) electrons. The number of amides is 3. The molecule has 3 amide bonds. The van der Waals surface area contributed by atoms with Gasteiger partial charge in [-0.1, -0.05) is 42.5 Å². The molecule has 0 spiro atoms. The Kier molecular flexibility index (Phi) is 8.75. The summed E-state index contributed by atoms with van der Waals surface area (Å²) in [6.07, 6.45) is 0. The zero-order chi connectivity index (χ0) is 23.0. The van der Waals surface area contributed by atoms with E-state index in [1.54, 1.807) is 43.3 Å². The van der Waals surface area contributed by atoms with Crippen molar-refractivity contribution in [3.05, 3.63) is 65.7 Å². The molecule has 31 heavy (non-hydrogen) atoms. The van der Waals surface area contributed by atoms with Gasteiger partial charge in [0.15, 0.2) is 0 Å². The van der Waals surface area contributed by atoms with Crippen LogP contribution in [0.15, 0.2) is 54.6 Å². The lowest BCUT2D eigenvalue weighted by Gasteiger charge is -2.26. The molecule has 2 rings (SSSR count). The van der Waals surface area contributed by atoms with Crippen LogP contribution in [-0.2, 0) is 9.59 Å². The fraction of sp³-hybridized carbons (Fsp3) is 0.375. The minimum atomic E-state index is -0.281. The van der Waals surface area contributed by atoms with Crippen molar-refractivity contribution in [2.45, 2.75) is 32.9 Å². The largest absolute Gasteiger partial charge is 0.348 e. The molecule has 7 nitrogen and oxygen atoms in total. The quantitative estimate of drug-likeness (QED) is 0.649. The number of benzene rings is 2. The zero-order valence-electron chi connectivity index (χ0n) is 18.9. The second-order valence-electron chi connectivity index (χ2n) is 7.99. The van der Waals surface area contributed by atoms with E-state index in [2.05, 4.69) is 10.6 Å². The molecule has 0 heterocycles. The number of anilines is 1. The minimum absolute atomic E-state index is 0.0138. The molecule has 0 aliphatic carbocycles. The van der Waals surface area contributed by atoms with Gasteiger partial charge in [-0.15, -0.1) is 0 Å². The van der Waals surface area contributed by atoms with E-state index in [9.17, 15) is 14.4 Å². The van der Waals surface area contributed by atoms with Crippen LogP contribution in [0.4, 0.5) is 5.69 Å². The van der Waals surface area contributed by atoms with E-state index in [0.717, 1.165) is 5.56 Å². The van der Waals surface area contributed by atoms with E-state index in [0.29, 0.717) is 11.3 Å². The number of hydrogen-bond donors (Lipinski definition) is 2. The molecule has 0 aromatic heterocycles. The van der Waals surface area contributed by atoms with Crippen molar-refractivity contribution in [2.75, 3.05) is 32.5 Å². The van der Waals surface area contributed by atoms with E-state index in [4.69, 9.17) is 0 Å². The number of nitrogens with zero attached hydrogens (tertiary/aromatic N) is 2. The van der Waals surface area contributed by atoms with E-state index in [-0.39, 0.29) is 42.9 Å². The Morgan fingerprint density at radius 1 is 0.871 bits per heavy atom. The summed E-state index contributed by atoms with van der Waals surface area (Å²) in [5, 5.41) is 5.80. The first-order valence-corrected chi connectivity index (χ1v) is 10.4. The molecule has 2 N–H and O–H groups in total. The summed E-state index contributed by atoms with van der Waals surface area (Å²) in [4.78, 5) is 40.9. The van der Waals surface area contributed by atoms with Gasteiger partial charge in [-0.2, -0.15) is 0 Å². The Labute approximate surface area is 184 Å². The lowest BCUT2D eigenvalue weighted by atomic mass is 10.1. The maximum absolute atomic E-state index is 12.9. The van der Waals surface area contributed by atoms with Crippen molar-refractivity contribution in [2.24, 2.45) is 0 Å². The molecular formula is C24H32N4O3. The van der Waals surface area contributed by atoms with Gasteiger partial charge in [0.25, 0.3) is 5.91 Å². The van der Waals surface area contributed by atoms with Gasteiger partial charge in [-0.25, -0.2) is 0 Å². The second kappa shape index (κ2) is 11.3. The lowest BCUT2D eigenvalue weighted by molar-refractivity contribution is -0.131. The molecule has 0 fully saturated rings. The normalized spacial score (nSPS) is 11.8. The highest BCUT2D eigenvalue weighted by Gasteiger charge is 2.20. The Morgan fingerprint density at radius 2 is 1.48 bits per heavy atom. The highest BCUT2D eigenvalue weighted by molar-refractivity contribution is 6.04. The number of nitrogens with one attached hydrogen (secondary N) is 2. The van der Waals surface area contributed by atoms with Crippen molar-refractivity contribution in [1.82, 2.24) is 15.1 Å². The molecule has 0 bridgehead atoms. The molecule has 7 heteroatoms. The standard InChI is InChI=1S/C24H32N4O3/c1-17(2)28(16-23(30)27(4)5)15-22(29)26-21-14-10-9-13-20(21)24(31)25-18(3)19-11-7-6-8-12-19/h6-14,17-18H,15-16H2,1-5H3,(H,25,31)(H,26,29). The highest BCUT2D eigenvalue weighted by atomic mass is 16.2. The summed E-state index contributed by atoms with van der Waals surface area (Å²) >= 11 is 0. The molecule has 1 unspecified atom stereocenters. The third-order valence-electron chi connectivity index (χ3n) is 5.01. The van der Waals surface area contributed by atoms with Crippen LogP contribution in [0.3, 0.4) is 0 Å². The molecule has 0 aliphatic rings. The molecular weight excluding hydrogens is 392 g/mol. The monoisotopic (exact) mass is 424 g/mol. The number of carbonyl (C=O) groups is 3. The van der Waals surface area contributed by atoms with Crippen LogP contribution in [0.1, 0.15) is 42.7 Å². The highest BCUT2D eigenvalue weighted by Crippen LogP contribution is 2.18. The van der Waals surface area contributed by atoms with Crippen LogP contribution in [0.5, 0.6) is 0 Å². The van der Waals surface area contributed by atoms with E-state index in [1.165, 1.54) is 4.90 Å². The average Bonchev–Trinajstić information content (AvgIpc) is 2.73. The summed E-state index contributed by atoms with van der Waals surface area (Å²) in [7, 11) is 3.37. The van der Waals surface area contributed by atoms with Gasteiger partial charge in [-0.05, 0) is 38.5 Å². The summed E-state index contributed by atoms with van der Waals surface area (Å²) < 4.78 is 0. The first-order valence-electron chi connectivity index (χ1n) is 10.4. The van der Waals surface area contributed by atoms with Crippen LogP contribution in [0.25, 0.3) is 0 Å². The van der Waals surface area contributed by atoms with Crippen molar-refractivity contribution in [3.63, 3.8) is 0 Å². The lowest BCUT2D eigenvalue weighted by Crippen LogP contribution is -2.44. The predicted molar refractivity (Wildman–Crippen MR) is 123 cm³/mol. The van der Waals surface area contributed by atoms with Gasteiger partial charge in [0.2, 0.25) is 11.8 Å². The summed E-state index contributed by atoms with van der Waals surface area (Å²) in [6.45, 7) is 5.98. The van der Waals surface area contributed by atoms with Crippen molar-refractivity contribution in [3.8, 4) is 0 Å². The Bertz CT molecular complexity index is 897. The van der Waals surface area contributed by atoms with Gasteiger partial charge in [0, 0.05) is 20.1 Å². The van der Waals surface area contributed by atoms with Crippen LogP contribution in [0.2, 0.25) is 0 Å². The van der Waals surface area contributed by atoms with Crippen molar-refractivity contribution in [1.29, 1.82) is 0 Å². The smallest absolute Gasteiger partial charge is 0.253 e. The van der Waals surface area contributed by atoms with E-state index >= 15 is 0 Å². The van der Waals surface area contributed by atoms with Gasteiger partial charge < -0.3 is 15.5 Å². The van der Waals surface area contributed by atoms with E-state index < -0.39 is 0 Å². The molecule has 0 aliphatic heterocycles. The van der Waals surface area contributed by atoms with Gasteiger partial charge in [-0.3, -0.25) is 19.3 Å². The Balaban J connectivity index is 2.07. The van der Waals surface area contributed by atoms with Crippen LogP contribution < -0.4 is 10.6 Å². The first kappa shape index (κ1) is 24.1. The third-order valence-corrected chi connectivity index (χ3v) is 5.01. The first-order chi connectivity index (χ1) is 14.7. The number of rotatable bonds is 9. The molecule has 0 saturated heterocycles. The molecule has 1 atom stereocenters.